The Labute approximate surface area is 160 Å². The van der Waals surface area contributed by atoms with Gasteiger partial charge in [0.2, 0.25) is 10.0 Å². The van der Waals surface area contributed by atoms with Crippen LogP contribution in [0.2, 0.25) is 0 Å². The predicted octanol–water partition coefficient (Wildman–Crippen LogP) is 2.67. The summed E-state index contributed by atoms with van der Waals surface area (Å²) in [5, 5.41) is 2.87. The average molecular weight is 388 g/mol. The summed E-state index contributed by atoms with van der Waals surface area (Å²) in [4.78, 5) is 12.5. The van der Waals surface area contributed by atoms with Gasteiger partial charge in [-0.3, -0.25) is 4.79 Å². The summed E-state index contributed by atoms with van der Waals surface area (Å²) in [5.74, 6) is 0.0498. The van der Waals surface area contributed by atoms with Crippen LogP contribution in [0.4, 0.5) is 0 Å². The molecule has 0 aromatic heterocycles. The van der Waals surface area contributed by atoms with Crippen LogP contribution in [0.25, 0.3) is 0 Å². The quantitative estimate of drug-likeness (QED) is 0.728. The van der Waals surface area contributed by atoms with E-state index in [0.717, 1.165) is 18.4 Å². The molecule has 0 unspecified atom stereocenters. The molecule has 1 saturated carbocycles. The molecule has 144 valence electrons. The van der Waals surface area contributed by atoms with Crippen LogP contribution >= 0.6 is 0 Å². The fourth-order valence-electron chi connectivity index (χ4n) is 2.76. The van der Waals surface area contributed by atoms with E-state index in [-0.39, 0.29) is 34.1 Å². The summed E-state index contributed by atoms with van der Waals surface area (Å²) in [6.07, 6.45) is 1.66. The van der Waals surface area contributed by atoms with Crippen LogP contribution in [-0.4, -0.2) is 34.0 Å². The highest BCUT2D eigenvalue weighted by Crippen LogP contribution is 2.28. The summed E-state index contributed by atoms with van der Waals surface area (Å²) < 4.78 is 32.9. The first-order valence-corrected chi connectivity index (χ1v) is 10.4. The lowest BCUT2D eigenvalue weighted by Gasteiger charge is -2.15. The lowest BCUT2D eigenvalue weighted by molar-refractivity contribution is 0.0951. The average Bonchev–Trinajstić information content (AvgIpc) is 3.49. The molecule has 1 fully saturated rings. The van der Waals surface area contributed by atoms with Crippen LogP contribution in [-0.2, 0) is 10.0 Å². The molecule has 2 aromatic carbocycles. The van der Waals surface area contributed by atoms with Crippen molar-refractivity contribution >= 4 is 15.9 Å². The van der Waals surface area contributed by atoms with Crippen molar-refractivity contribution in [2.24, 2.45) is 0 Å². The Morgan fingerprint density at radius 1 is 1.19 bits per heavy atom. The monoisotopic (exact) mass is 388 g/mol. The van der Waals surface area contributed by atoms with Crippen LogP contribution in [0.15, 0.2) is 53.4 Å². The molecular weight excluding hydrogens is 364 g/mol. The van der Waals surface area contributed by atoms with Crippen LogP contribution in [0, 0.1) is 0 Å². The number of rotatable bonds is 8. The molecule has 1 aliphatic carbocycles. The number of carbonyl (C=O) groups excluding carboxylic acids is 1. The second-order valence-corrected chi connectivity index (χ2v) is 8.47. The Morgan fingerprint density at radius 2 is 1.89 bits per heavy atom. The van der Waals surface area contributed by atoms with E-state index in [2.05, 4.69) is 10.0 Å². The van der Waals surface area contributed by atoms with Crippen molar-refractivity contribution in [3.8, 4) is 5.75 Å². The van der Waals surface area contributed by atoms with Gasteiger partial charge < -0.3 is 10.1 Å². The Kier molecular flexibility index (Phi) is 5.82. The Bertz CT molecular complexity index is 909. The van der Waals surface area contributed by atoms with Gasteiger partial charge in [-0.05, 0) is 42.5 Å². The van der Waals surface area contributed by atoms with Gasteiger partial charge in [0.1, 0.15) is 10.6 Å². The molecule has 0 aliphatic heterocycles. The summed E-state index contributed by atoms with van der Waals surface area (Å²) >= 11 is 0. The number of carbonyl (C=O) groups is 1. The van der Waals surface area contributed by atoms with Crippen LogP contribution in [0.1, 0.15) is 41.6 Å². The molecule has 6 nitrogen and oxygen atoms in total. The molecule has 0 heterocycles. The van der Waals surface area contributed by atoms with Gasteiger partial charge >= 0.3 is 0 Å². The van der Waals surface area contributed by atoms with Gasteiger partial charge in [0.05, 0.1) is 7.11 Å². The molecule has 0 radical (unpaired) electrons. The number of hydrogen-bond donors (Lipinski definition) is 2. The van der Waals surface area contributed by atoms with Crippen molar-refractivity contribution < 1.29 is 17.9 Å². The molecule has 1 atom stereocenters. The maximum absolute atomic E-state index is 12.6. The predicted molar refractivity (Wildman–Crippen MR) is 104 cm³/mol. The molecule has 0 bridgehead atoms. The van der Waals surface area contributed by atoms with Crippen LogP contribution in [0.3, 0.4) is 0 Å². The van der Waals surface area contributed by atoms with E-state index in [1.54, 1.807) is 6.07 Å². The first kappa shape index (κ1) is 19.4. The molecule has 0 spiro atoms. The van der Waals surface area contributed by atoms with E-state index in [1.807, 2.05) is 37.3 Å². The molecule has 3 rings (SSSR count). The third-order valence-electron chi connectivity index (χ3n) is 4.55. The van der Waals surface area contributed by atoms with Crippen LogP contribution in [0.5, 0.6) is 5.75 Å². The molecule has 1 aliphatic rings. The zero-order chi connectivity index (χ0) is 19.4. The number of methoxy groups -OCH3 is 1. The maximum atomic E-state index is 12.6. The second-order valence-electron chi connectivity index (χ2n) is 6.78. The molecule has 0 saturated heterocycles. The molecule has 1 amide bonds. The zero-order valence-electron chi connectivity index (χ0n) is 15.4. The Hall–Kier alpha value is -2.38. The maximum Gasteiger partial charge on any atom is 0.251 e. The number of nitrogens with one attached hydrogen (secondary N) is 2. The molecule has 27 heavy (non-hydrogen) atoms. The third kappa shape index (κ3) is 4.87. The minimum atomic E-state index is -3.73. The number of sulfonamides is 1. The summed E-state index contributed by atoms with van der Waals surface area (Å²) in [6, 6.07) is 14.3. The van der Waals surface area contributed by atoms with E-state index < -0.39 is 10.0 Å². The van der Waals surface area contributed by atoms with Gasteiger partial charge in [0.25, 0.3) is 5.91 Å². The van der Waals surface area contributed by atoms with Crippen molar-refractivity contribution in [2.75, 3.05) is 13.7 Å². The van der Waals surface area contributed by atoms with Crippen molar-refractivity contribution in [1.29, 1.82) is 0 Å². The van der Waals surface area contributed by atoms with Gasteiger partial charge in [-0.25, -0.2) is 13.1 Å². The van der Waals surface area contributed by atoms with Crippen molar-refractivity contribution in [1.82, 2.24) is 10.0 Å². The minimum Gasteiger partial charge on any atom is -0.495 e. The second kappa shape index (κ2) is 8.10. The van der Waals surface area contributed by atoms with Gasteiger partial charge in [-0.2, -0.15) is 0 Å². The van der Waals surface area contributed by atoms with Crippen LogP contribution < -0.4 is 14.8 Å². The van der Waals surface area contributed by atoms with Gasteiger partial charge in [0.15, 0.2) is 0 Å². The lowest BCUT2D eigenvalue weighted by Crippen LogP contribution is -2.29. The lowest BCUT2D eigenvalue weighted by atomic mass is 10.0. The highest BCUT2D eigenvalue weighted by atomic mass is 32.2. The highest BCUT2D eigenvalue weighted by Gasteiger charge is 2.30. The first-order valence-electron chi connectivity index (χ1n) is 8.94. The Morgan fingerprint density at radius 3 is 2.52 bits per heavy atom. The van der Waals surface area contributed by atoms with Crippen molar-refractivity contribution in [2.45, 2.75) is 36.6 Å². The van der Waals surface area contributed by atoms with Crippen molar-refractivity contribution in [3.05, 3.63) is 59.7 Å². The van der Waals surface area contributed by atoms with E-state index in [9.17, 15) is 13.2 Å². The van der Waals surface area contributed by atoms with E-state index in [0.29, 0.717) is 6.54 Å². The third-order valence-corrected chi connectivity index (χ3v) is 6.09. The topological polar surface area (TPSA) is 84.5 Å². The Balaban J connectivity index is 1.74. The standard InChI is InChI=1S/C20H24N2O4S/c1-14(15-6-4-3-5-7-15)13-21-20(23)16-8-11-18(26-2)19(12-16)27(24,25)22-17-9-10-17/h3-8,11-12,14,17,22H,9-10,13H2,1-2H3,(H,21,23)/t14-/m1/s1. The normalized spacial score (nSPS) is 15.2. The number of benzene rings is 2. The highest BCUT2D eigenvalue weighted by molar-refractivity contribution is 7.89. The van der Waals surface area contributed by atoms with Gasteiger partial charge in [-0.1, -0.05) is 37.3 Å². The number of hydrogen-bond acceptors (Lipinski definition) is 4. The summed E-state index contributed by atoms with van der Waals surface area (Å²) in [6.45, 7) is 2.48. The van der Waals surface area contributed by atoms with Gasteiger partial charge in [0, 0.05) is 18.2 Å². The van der Waals surface area contributed by atoms with Gasteiger partial charge in [-0.15, -0.1) is 0 Å². The zero-order valence-corrected chi connectivity index (χ0v) is 16.3. The molecule has 2 aromatic rings. The molecular formula is C20H24N2O4S. The number of ether oxygens (including phenoxy) is 1. The largest absolute Gasteiger partial charge is 0.495 e. The van der Waals surface area contributed by atoms with E-state index in [4.69, 9.17) is 4.74 Å². The first-order chi connectivity index (χ1) is 12.9. The molecule has 7 heteroatoms. The summed E-state index contributed by atoms with van der Waals surface area (Å²) in [5.41, 5.74) is 1.41. The smallest absolute Gasteiger partial charge is 0.251 e. The molecule has 2 N–H and O–H groups in total. The van der Waals surface area contributed by atoms with E-state index >= 15 is 0 Å². The fraction of sp³-hybridized carbons (Fsp3) is 0.350. The SMILES string of the molecule is COc1ccc(C(=O)NC[C@@H](C)c2ccccc2)cc1S(=O)(=O)NC1CC1. The van der Waals surface area contributed by atoms with Crippen molar-refractivity contribution in [3.63, 3.8) is 0 Å². The minimum absolute atomic E-state index is 0.0133. The number of amides is 1. The fourth-order valence-corrected chi connectivity index (χ4v) is 4.26. The summed E-state index contributed by atoms with van der Waals surface area (Å²) in [7, 11) is -2.32. The van der Waals surface area contributed by atoms with E-state index in [1.165, 1.54) is 19.2 Å².